The fourth-order valence-electron chi connectivity index (χ4n) is 1.36. The summed E-state index contributed by atoms with van der Waals surface area (Å²) in [5, 5.41) is 6.64. The van der Waals surface area contributed by atoms with Crippen molar-refractivity contribution in [3.8, 4) is 0 Å². The Balaban J connectivity index is 2.24. The molecule has 0 saturated carbocycles. The fourth-order valence-corrected chi connectivity index (χ4v) is 1.36. The van der Waals surface area contributed by atoms with Gasteiger partial charge in [-0.15, -0.1) is 0 Å². The van der Waals surface area contributed by atoms with Crippen LogP contribution in [0.4, 0.5) is 4.39 Å². The van der Waals surface area contributed by atoms with Gasteiger partial charge in [-0.3, -0.25) is 5.10 Å². The van der Waals surface area contributed by atoms with E-state index in [4.69, 9.17) is 0 Å². The first-order valence-electron chi connectivity index (χ1n) is 4.71. The van der Waals surface area contributed by atoms with Crippen LogP contribution in [0.5, 0.6) is 0 Å². The molecule has 0 atom stereocenters. The van der Waals surface area contributed by atoms with Crippen LogP contribution in [0.3, 0.4) is 0 Å². The average molecular weight is 202 g/mol. The maximum Gasteiger partial charge on any atom is 0.115 e. The molecule has 2 rings (SSSR count). The molecule has 0 bridgehead atoms. The summed E-state index contributed by atoms with van der Waals surface area (Å²) in [7, 11) is 0. The number of H-pyrrole nitrogens is 1. The Kier molecular flexibility index (Phi) is 2.93. The quantitative estimate of drug-likeness (QED) is 0.814. The van der Waals surface area contributed by atoms with Gasteiger partial charge in [0.05, 0.1) is 5.69 Å². The maximum atomic E-state index is 12.6. The molecule has 0 aliphatic rings. The van der Waals surface area contributed by atoms with E-state index in [1.807, 2.05) is 36.4 Å². The topological polar surface area (TPSA) is 28.7 Å². The van der Waals surface area contributed by atoms with Crippen molar-refractivity contribution < 1.29 is 4.39 Å². The summed E-state index contributed by atoms with van der Waals surface area (Å²) in [5.41, 5.74) is 2.51. The lowest BCUT2D eigenvalue weighted by Gasteiger charge is -1.99. The number of aromatic amines is 1. The van der Waals surface area contributed by atoms with Crippen molar-refractivity contribution in [3.05, 3.63) is 53.3 Å². The Hall–Kier alpha value is -1.90. The predicted octanol–water partition coefficient (Wildman–Crippen LogP) is 3.05. The third-order valence-electron chi connectivity index (χ3n) is 2.16. The van der Waals surface area contributed by atoms with Gasteiger partial charge in [-0.25, -0.2) is 4.39 Å². The van der Waals surface area contributed by atoms with E-state index < -0.39 is 6.67 Å². The fraction of sp³-hybridized carbons (Fsp3) is 0.0833. The Labute approximate surface area is 87.5 Å². The van der Waals surface area contributed by atoms with Crippen LogP contribution in [-0.4, -0.2) is 10.2 Å². The number of benzene rings is 1. The second-order valence-electron chi connectivity index (χ2n) is 3.18. The Morgan fingerprint density at radius 1 is 1.20 bits per heavy atom. The molecule has 1 aromatic heterocycles. The smallest absolute Gasteiger partial charge is 0.115 e. The normalized spacial score (nSPS) is 11.0. The second kappa shape index (κ2) is 4.55. The first kappa shape index (κ1) is 9.65. The minimum absolute atomic E-state index is 0.441. The van der Waals surface area contributed by atoms with Gasteiger partial charge in [0.1, 0.15) is 6.67 Å². The molecule has 0 saturated heterocycles. The largest absolute Gasteiger partial charge is 0.278 e. The number of halogens is 1. The van der Waals surface area contributed by atoms with Gasteiger partial charge < -0.3 is 0 Å². The zero-order valence-corrected chi connectivity index (χ0v) is 8.15. The van der Waals surface area contributed by atoms with Crippen LogP contribution in [0.25, 0.3) is 12.2 Å². The molecule has 1 heterocycles. The van der Waals surface area contributed by atoms with E-state index in [0.717, 1.165) is 11.3 Å². The minimum Gasteiger partial charge on any atom is -0.278 e. The molecule has 0 radical (unpaired) electrons. The Morgan fingerprint density at radius 2 is 2.07 bits per heavy atom. The van der Waals surface area contributed by atoms with Crippen LogP contribution in [-0.2, 0) is 6.67 Å². The molecule has 15 heavy (non-hydrogen) atoms. The van der Waals surface area contributed by atoms with Crippen LogP contribution < -0.4 is 0 Å². The number of rotatable bonds is 3. The number of alkyl halides is 1. The molecule has 76 valence electrons. The van der Waals surface area contributed by atoms with Gasteiger partial charge in [0.15, 0.2) is 0 Å². The van der Waals surface area contributed by atoms with Crippen molar-refractivity contribution >= 4 is 12.2 Å². The third-order valence-corrected chi connectivity index (χ3v) is 2.16. The maximum absolute atomic E-state index is 12.6. The lowest BCUT2D eigenvalue weighted by molar-refractivity contribution is 0.485. The van der Waals surface area contributed by atoms with Crippen molar-refractivity contribution in [1.29, 1.82) is 0 Å². The van der Waals surface area contributed by atoms with Crippen LogP contribution in [0.1, 0.15) is 16.8 Å². The van der Waals surface area contributed by atoms with Gasteiger partial charge in [-0.1, -0.05) is 30.3 Å². The summed E-state index contributed by atoms with van der Waals surface area (Å²) in [6.45, 7) is -0.441. The summed E-state index contributed by atoms with van der Waals surface area (Å²) in [6.07, 6.45) is 5.44. The molecule has 0 unspecified atom stereocenters. The minimum atomic E-state index is -0.441. The number of nitrogens with one attached hydrogen (secondary N) is 1. The van der Waals surface area contributed by atoms with Crippen LogP contribution in [0.2, 0.25) is 0 Å². The van der Waals surface area contributed by atoms with Crippen LogP contribution >= 0.6 is 0 Å². The summed E-state index contributed by atoms with van der Waals surface area (Å²) < 4.78 is 12.6. The standard InChI is InChI=1S/C12H11FN2/c13-9-11-4-2-1-3-10(11)5-6-12-7-8-14-15-12/h1-8H,9H2,(H,14,15)/b6-5+. The molecule has 0 spiro atoms. The van der Waals surface area contributed by atoms with Crippen molar-refractivity contribution in [3.63, 3.8) is 0 Å². The number of nitrogens with zero attached hydrogens (tertiary/aromatic N) is 1. The van der Waals surface area contributed by atoms with Gasteiger partial charge in [-0.05, 0) is 23.3 Å². The second-order valence-corrected chi connectivity index (χ2v) is 3.18. The number of hydrogen-bond donors (Lipinski definition) is 1. The zero-order chi connectivity index (χ0) is 10.5. The van der Waals surface area contributed by atoms with E-state index in [-0.39, 0.29) is 0 Å². The number of hydrogen-bond acceptors (Lipinski definition) is 1. The Morgan fingerprint density at radius 3 is 2.80 bits per heavy atom. The summed E-state index contributed by atoms with van der Waals surface area (Å²) in [4.78, 5) is 0. The molecule has 1 aromatic carbocycles. The molecule has 0 aliphatic heterocycles. The average Bonchev–Trinajstić information content (AvgIpc) is 2.79. The molecule has 2 aromatic rings. The van der Waals surface area contributed by atoms with Gasteiger partial charge in [0.25, 0.3) is 0 Å². The van der Waals surface area contributed by atoms with Crippen LogP contribution in [0.15, 0.2) is 36.5 Å². The van der Waals surface area contributed by atoms with E-state index in [1.54, 1.807) is 12.3 Å². The highest BCUT2D eigenvalue weighted by atomic mass is 19.1. The lowest BCUT2D eigenvalue weighted by Crippen LogP contribution is -1.83. The molecule has 1 N–H and O–H groups in total. The predicted molar refractivity (Wildman–Crippen MR) is 58.8 cm³/mol. The molecular weight excluding hydrogens is 191 g/mol. The van der Waals surface area contributed by atoms with Gasteiger partial charge in [-0.2, -0.15) is 5.10 Å². The van der Waals surface area contributed by atoms with Crippen molar-refractivity contribution in [2.45, 2.75) is 6.67 Å². The zero-order valence-electron chi connectivity index (χ0n) is 8.15. The van der Waals surface area contributed by atoms with E-state index in [0.29, 0.717) is 5.56 Å². The monoisotopic (exact) mass is 202 g/mol. The van der Waals surface area contributed by atoms with Crippen LogP contribution in [0, 0.1) is 0 Å². The van der Waals surface area contributed by atoms with E-state index in [9.17, 15) is 4.39 Å². The van der Waals surface area contributed by atoms with Gasteiger partial charge in [0, 0.05) is 6.20 Å². The SMILES string of the molecule is FCc1ccccc1/C=C/c1ccn[nH]1. The molecule has 3 heteroatoms. The van der Waals surface area contributed by atoms with E-state index in [1.165, 1.54) is 0 Å². The van der Waals surface area contributed by atoms with Crippen molar-refractivity contribution in [2.75, 3.05) is 0 Å². The summed E-state index contributed by atoms with van der Waals surface area (Å²) in [6, 6.07) is 9.26. The first-order chi connectivity index (χ1) is 7.40. The molecule has 2 nitrogen and oxygen atoms in total. The van der Waals surface area contributed by atoms with Gasteiger partial charge in [0.2, 0.25) is 0 Å². The first-order valence-corrected chi connectivity index (χ1v) is 4.71. The molecule has 0 amide bonds. The summed E-state index contributed by atoms with van der Waals surface area (Å²) >= 11 is 0. The molecular formula is C12H11FN2. The third kappa shape index (κ3) is 2.31. The van der Waals surface area contributed by atoms with E-state index >= 15 is 0 Å². The van der Waals surface area contributed by atoms with Crippen molar-refractivity contribution in [2.24, 2.45) is 0 Å². The highest BCUT2D eigenvalue weighted by molar-refractivity contribution is 5.69. The Bertz CT molecular complexity index is 446. The highest BCUT2D eigenvalue weighted by Gasteiger charge is 1.96. The van der Waals surface area contributed by atoms with Crippen molar-refractivity contribution in [1.82, 2.24) is 10.2 Å². The highest BCUT2D eigenvalue weighted by Crippen LogP contribution is 2.13. The van der Waals surface area contributed by atoms with E-state index in [2.05, 4.69) is 10.2 Å². The molecule has 0 aliphatic carbocycles. The number of aromatic nitrogens is 2. The van der Waals surface area contributed by atoms with Gasteiger partial charge >= 0.3 is 0 Å². The summed E-state index contributed by atoms with van der Waals surface area (Å²) in [5.74, 6) is 0. The lowest BCUT2D eigenvalue weighted by atomic mass is 10.1. The molecule has 0 fully saturated rings.